The van der Waals surface area contributed by atoms with Crippen molar-refractivity contribution in [3.8, 4) is 5.75 Å². The lowest BCUT2D eigenvalue weighted by Crippen LogP contribution is -2.45. The van der Waals surface area contributed by atoms with E-state index in [2.05, 4.69) is 4.84 Å². The van der Waals surface area contributed by atoms with Crippen molar-refractivity contribution in [2.24, 2.45) is 5.90 Å². The number of nitrogens with two attached hydrogens (primary N) is 1. The molecule has 8 nitrogen and oxygen atoms in total. The number of nitrogens with zero attached hydrogens (tertiary/aromatic N) is 1. The normalized spacial score (nSPS) is 12.1. The molecule has 0 aliphatic heterocycles. The largest absolute Gasteiger partial charge is 0.494 e. The van der Waals surface area contributed by atoms with Crippen LogP contribution in [0.1, 0.15) is 38.3 Å². The van der Waals surface area contributed by atoms with Crippen LogP contribution in [0.2, 0.25) is 0 Å². The second-order valence-electron chi connectivity index (χ2n) is 8.19. The van der Waals surface area contributed by atoms with E-state index in [1.807, 2.05) is 42.5 Å². The number of carbonyl (C=O) groups excluding carboxylic acids is 2. The van der Waals surface area contributed by atoms with Gasteiger partial charge in [-0.05, 0) is 44.0 Å². The lowest BCUT2D eigenvalue weighted by Gasteiger charge is -2.29. The maximum atomic E-state index is 12.9. The van der Waals surface area contributed by atoms with Crippen LogP contribution >= 0.6 is 0 Å². The molecule has 0 saturated heterocycles. The van der Waals surface area contributed by atoms with E-state index < -0.39 is 17.6 Å². The topological polar surface area (TPSA) is 100 Å². The maximum Gasteiger partial charge on any atom is 0.332 e. The highest BCUT2D eigenvalue weighted by atomic mass is 16.7. The zero-order chi connectivity index (χ0) is 23.4. The van der Waals surface area contributed by atoms with Gasteiger partial charge in [0.15, 0.2) is 6.04 Å². The molecule has 0 unspecified atom stereocenters. The van der Waals surface area contributed by atoms with E-state index in [1.54, 1.807) is 32.9 Å². The fourth-order valence-electron chi connectivity index (χ4n) is 2.84. The van der Waals surface area contributed by atoms with Crippen LogP contribution in [0.4, 0.5) is 0 Å². The number of rotatable bonds is 13. The van der Waals surface area contributed by atoms with Crippen LogP contribution in [0.5, 0.6) is 5.75 Å². The second kappa shape index (κ2) is 12.8. The Labute approximate surface area is 189 Å². The Morgan fingerprint density at radius 1 is 1.03 bits per heavy atom. The van der Waals surface area contributed by atoms with E-state index in [9.17, 15) is 9.59 Å². The van der Waals surface area contributed by atoms with Crippen LogP contribution in [0.25, 0.3) is 0 Å². The van der Waals surface area contributed by atoms with E-state index >= 15 is 0 Å². The molecular weight excluding hydrogens is 412 g/mol. The summed E-state index contributed by atoms with van der Waals surface area (Å²) in [7, 11) is 0. The van der Waals surface area contributed by atoms with Crippen molar-refractivity contribution in [1.82, 2.24) is 5.06 Å². The number of benzene rings is 2. The molecule has 2 rings (SSSR count). The zero-order valence-corrected chi connectivity index (χ0v) is 18.9. The molecule has 2 aromatic rings. The Hall–Kier alpha value is -2.94. The average molecular weight is 445 g/mol. The molecule has 1 atom stereocenters. The molecule has 0 spiro atoms. The summed E-state index contributed by atoms with van der Waals surface area (Å²) in [5, 5.41) is 1.03. The number of ether oxygens (including phenoxy) is 2. The summed E-state index contributed by atoms with van der Waals surface area (Å²) in [5.41, 5.74) is 1.01. The van der Waals surface area contributed by atoms with Crippen LogP contribution in [0.15, 0.2) is 54.6 Å². The number of hydroxylamine groups is 2. The monoisotopic (exact) mass is 444 g/mol. The Kier molecular flexibility index (Phi) is 10.1. The molecular formula is C24H32N2O6. The first-order valence-electron chi connectivity index (χ1n) is 10.5. The SMILES string of the molecule is CC(C)(C)OC(=O)[C@H](Cc1ccc(OCCCON)cc1)N(C=O)OCc1ccccc1. The van der Waals surface area contributed by atoms with Gasteiger partial charge in [-0.25, -0.2) is 15.8 Å². The predicted octanol–water partition coefficient (Wildman–Crippen LogP) is 3.19. The van der Waals surface area contributed by atoms with Gasteiger partial charge in [-0.1, -0.05) is 42.5 Å². The maximum absolute atomic E-state index is 12.9. The van der Waals surface area contributed by atoms with Crippen molar-refractivity contribution in [1.29, 1.82) is 0 Å². The number of carbonyl (C=O) groups is 2. The first kappa shape index (κ1) is 25.3. The molecule has 0 aliphatic carbocycles. The number of hydrogen-bond acceptors (Lipinski definition) is 7. The molecule has 0 bridgehead atoms. The minimum Gasteiger partial charge on any atom is -0.494 e. The van der Waals surface area contributed by atoms with Crippen molar-refractivity contribution >= 4 is 12.4 Å². The third kappa shape index (κ3) is 9.05. The lowest BCUT2D eigenvalue weighted by atomic mass is 10.1. The van der Waals surface area contributed by atoms with E-state index in [-0.39, 0.29) is 13.0 Å². The molecule has 0 heterocycles. The van der Waals surface area contributed by atoms with Crippen LogP contribution in [0.3, 0.4) is 0 Å². The van der Waals surface area contributed by atoms with Gasteiger partial charge < -0.3 is 14.3 Å². The van der Waals surface area contributed by atoms with E-state index in [0.717, 1.165) is 16.2 Å². The average Bonchev–Trinajstić information content (AvgIpc) is 2.77. The van der Waals surface area contributed by atoms with Gasteiger partial charge in [-0.2, -0.15) is 0 Å². The van der Waals surface area contributed by atoms with Crippen molar-refractivity contribution in [3.63, 3.8) is 0 Å². The van der Waals surface area contributed by atoms with Gasteiger partial charge in [0.2, 0.25) is 6.41 Å². The summed E-state index contributed by atoms with van der Waals surface area (Å²) < 4.78 is 11.2. The lowest BCUT2D eigenvalue weighted by molar-refractivity contribution is -0.207. The van der Waals surface area contributed by atoms with E-state index in [4.69, 9.17) is 20.2 Å². The van der Waals surface area contributed by atoms with Gasteiger partial charge in [-0.15, -0.1) is 0 Å². The number of amides is 1. The third-order valence-corrected chi connectivity index (χ3v) is 4.34. The minimum atomic E-state index is -0.941. The quantitative estimate of drug-likeness (QED) is 0.219. The van der Waals surface area contributed by atoms with E-state index in [1.165, 1.54) is 0 Å². The molecule has 0 aromatic heterocycles. The van der Waals surface area contributed by atoms with Crippen LogP contribution < -0.4 is 10.6 Å². The summed E-state index contributed by atoms with van der Waals surface area (Å²) in [6.07, 6.45) is 1.41. The standard InChI is InChI=1S/C24H32N2O6/c1-24(2,3)32-23(28)22(26(18-27)31-17-20-8-5-4-6-9-20)16-19-10-12-21(13-11-19)29-14-7-15-30-25/h4-6,8-13,18,22H,7,14-17,25H2,1-3H3/t22-/m0/s1. The molecule has 32 heavy (non-hydrogen) atoms. The highest BCUT2D eigenvalue weighted by molar-refractivity contribution is 5.78. The highest BCUT2D eigenvalue weighted by Gasteiger charge is 2.31. The highest BCUT2D eigenvalue weighted by Crippen LogP contribution is 2.19. The van der Waals surface area contributed by atoms with Crippen molar-refractivity contribution < 1.29 is 28.7 Å². The van der Waals surface area contributed by atoms with Gasteiger partial charge in [-0.3, -0.25) is 9.63 Å². The molecule has 8 heteroatoms. The van der Waals surface area contributed by atoms with Crippen LogP contribution in [-0.2, 0) is 37.0 Å². The van der Waals surface area contributed by atoms with Gasteiger partial charge in [0.25, 0.3) is 0 Å². The molecule has 0 aliphatic rings. The molecule has 1 amide bonds. The molecule has 174 valence electrons. The fraction of sp³-hybridized carbons (Fsp3) is 0.417. The summed E-state index contributed by atoms with van der Waals surface area (Å²) in [5.74, 6) is 5.14. The van der Waals surface area contributed by atoms with Gasteiger partial charge in [0.05, 0.1) is 13.2 Å². The van der Waals surface area contributed by atoms with Gasteiger partial charge >= 0.3 is 5.97 Å². The second-order valence-corrected chi connectivity index (χ2v) is 8.19. The zero-order valence-electron chi connectivity index (χ0n) is 18.9. The first-order valence-corrected chi connectivity index (χ1v) is 10.5. The van der Waals surface area contributed by atoms with Crippen molar-refractivity contribution in [2.45, 2.75) is 51.9 Å². The third-order valence-electron chi connectivity index (χ3n) is 4.34. The minimum absolute atomic E-state index is 0.151. The predicted molar refractivity (Wildman–Crippen MR) is 119 cm³/mol. The summed E-state index contributed by atoms with van der Waals surface area (Å²) in [6, 6.07) is 15.8. The number of esters is 1. The number of hydrogen-bond donors (Lipinski definition) is 1. The molecule has 2 N–H and O–H groups in total. The van der Waals surface area contributed by atoms with Crippen LogP contribution in [-0.4, -0.2) is 42.3 Å². The Morgan fingerprint density at radius 3 is 2.31 bits per heavy atom. The molecule has 0 saturated carbocycles. The van der Waals surface area contributed by atoms with Crippen LogP contribution in [0, 0.1) is 0 Å². The van der Waals surface area contributed by atoms with Gasteiger partial charge in [0, 0.05) is 12.8 Å². The Morgan fingerprint density at radius 2 is 1.72 bits per heavy atom. The summed E-state index contributed by atoms with van der Waals surface area (Å²) in [4.78, 5) is 34.9. The first-order chi connectivity index (χ1) is 15.3. The van der Waals surface area contributed by atoms with E-state index in [0.29, 0.717) is 31.8 Å². The Bertz CT molecular complexity index is 821. The summed E-state index contributed by atoms with van der Waals surface area (Å²) in [6.45, 7) is 6.38. The smallest absolute Gasteiger partial charge is 0.332 e. The van der Waals surface area contributed by atoms with Crippen molar-refractivity contribution in [2.75, 3.05) is 13.2 Å². The molecule has 2 aromatic carbocycles. The molecule has 0 fully saturated rings. The van der Waals surface area contributed by atoms with Gasteiger partial charge in [0.1, 0.15) is 18.0 Å². The Balaban J connectivity index is 2.09. The summed E-state index contributed by atoms with van der Waals surface area (Å²) >= 11 is 0. The molecule has 0 radical (unpaired) electrons. The fourth-order valence-corrected chi connectivity index (χ4v) is 2.84. The van der Waals surface area contributed by atoms with Crippen molar-refractivity contribution in [3.05, 3.63) is 65.7 Å².